The van der Waals surface area contributed by atoms with Crippen molar-refractivity contribution in [2.45, 2.75) is 62.7 Å². The summed E-state index contributed by atoms with van der Waals surface area (Å²) in [6.45, 7) is 0.322. The number of carbonyl (C=O) groups excluding carboxylic acids is 4. The first-order chi connectivity index (χ1) is 18.9. The first-order valence-corrected chi connectivity index (χ1v) is 12.6. The van der Waals surface area contributed by atoms with Gasteiger partial charge in [0.05, 0.1) is 18.9 Å². The maximum absolute atomic E-state index is 13.3. The van der Waals surface area contributed by atoms with Crippen LogP contribution in [0, 0.1) is 0 Å². The van der Waals surface area contributed by atoms with E-state index in [1.165, 1.54) is 0 Å². The van der Waals surface area contributed by atoms with Crippen molar-refractivity contribution in [3.8, 4) is 0 Å². The van der Waals surface area contributed by atoms with Crippen molar-refractivity contribution in [1.82, 2.24) is 20.9 Å². The van der Waals surface area contributed by atoms with Crippen molar-refractivity contribution < 1.29 is 39.0 Å². The van der Waals surface area contributed by atoms with E-state index in [-0.39, 0.29) is 12.8 Å². The average Bonchev–Trinajstić information content (AvgIpc) is 3.29. The highest BCUT2D eigenvalue weighted by Crippen LogP contribution is 2.19. The van der Waals surface area contributed by atoms with Crippen LogP contribution in [0.5, 0.6) is 0 Å². The summed E-state index contributed by atoms with van der Waals surface area (Å²) in [5.74, 6) is -6.31. The van der Waals surface area contributed by atoms with Crippen LogP contribution in [0.1, 0.15) is 37.7 Å². The molecule has 2 aromatic rings. The summed E-state index contributed by atoms with van der Waals surface area (Å²) in [5.41, 5.74) is 17.7. The highest BCUT2D eigenvalue weighted by molar-refractivity contribution is 5.96. The van der Waals surface area contributed by atoms with Crippen LogP contribution in [0.15, 0.2) is 30.5 Å². The minimum atomic E-state index is -1.64. The second-order valence-electron chi connectivity index (χ2n) is 9.24. The van der Waals surface area contributed by atoms with Gasteiger partial charge in [0.2, 0.25) is 23.6 Å². The van der Waals surface area contributed by atoms with Gasteiger partial charge in [0.25, 0.3) is 0 Å². The van der Waals surface area contributed by atoms with Crippen molar-refractivity contribution in [1.29, 1.82) is 0 Å². The Morgan fingerprint density at radius 3 is 2.10 bits per heavy atom. The van der Waals surface area contributed by atoms with E-state index in [0.717, 1.165) is 10.9 Å². The molecule has 1 heterocycles. The maximum atomic E-state index is 13.3. The lowest BCUT2D eigenvalue weighted by Crippen LogP contribution is -2.58. The minimum Gasteiger partial charge on any atom is -0.481 e. The minimum absolute atomic E-state index is 0.0769. The van der Waals surface area contributed by atoms with E-state index < -0.39 is 72.6 Å². The molecule has 0 saturated carbocycles. The molecule has 0 fully saturated rings. The molecule has 0 aliphatic rings. The number of nitrogens with one attached hydrogen (secondary N) is 4. The molecular formula is C25H35N7O8. The van der Waals surface area contributed by atoms with Gasteiger partial charge in [-0.2, -0.15) is 0 Å². The Bertz CT molecular complexity index is 1230. The third-order valence-corrected chi connectivity index (χ3v) is 6.06. The zero-order valence-electron chi connectivity index (χ0n) is 21.7. The van der Waals surface area contributed by atoms with E-state index in [1.807, 2.05) is 6.07 Å². The first-order valence-electron chi connectivity index (χ1n) is 12.6. The van der Waals surface area contributed by atoms with Crippen molar-refractivity contribution in [3.05, 3.63) is 36.0 Å². The molecule has 40 heavy (non-hydrogen) atoms. The van der Waals surface area contributed by atoms with Gasteiger partial charge in [-0.15, -0.1) is 0 Å². The summed E-state index contributed by atoms with van der Waals surface area (Å²) in [5, 5.41) is 26.3. The molecule has 0 aliphatic heterocycles. The number of unbranched alkanes of at least 4 members (excludes halogenated alkanes) is 1. The van der Waals surface area contributed by atoms with Crippen LogP contribution >= 0.6 is 0 Å². The predicted molar refractivity (Wildman–Crippen MR) is 142 cm³/mol. The van der Waals surface area contributed by atoms with Gasteiger partial charge in [0.1, 0.15) is 18.1 Å². The number of aliphatic carboxylic acids is 2. The van der Waals surface area contributed by atoms with E-state index in [2.05, 4.69) is 20.9 Å². The molecule has 15 nitrogen and oxygen atoms in total. The summed E-state index contributed by atoms with van der Waals surface area (Å²) < 4.78 is 0. The maximum Gasteiger partial charge on any atom is 0.326 e. The van der Waals surface area contributed by atoms with Crippen molar-refractivity contribution in [3.63, 3.8) is 0 Å². The smallest absolute Gasteiger partial charge is 0.326 e. The molecule has 12 N–H and O–H groups in total. The fraction of sp³-hybridized carbons (Fsp3) is 0.440. The fourth-order valence-electron chi connectivity index (χ4n) is 4.00. The number of hydrogen-bond donors (Lipinski definition) is 9. The predicted octanol–water partition coefficient (Wildman–Crippen LogP) is -1.94. The van der Waals surface area contributed by atoms with Crippen LogP contribution in [0.2, 0.25) is 0 Å². The highest BCUT2D eigenvalue weighted by Gasteiger charge is 2.31. The van der Waals surface area contributed by atoms with Gasteiger partial charge in [-0.3, -0.25) is 24.0 Å². The monoisotopic (exact) mass is 561 g/mol. The van der Waals surface area contributed by atoms with Crippen LogP contribution in [0.4, 0.5) is 0 Å². The molecule has 218 valence electrons. The summed E-state index contributed by atoms with van der Waals surface area (Å²) in [6, 6.07) is 1.61. The van der Waals surface area contributed by atoms with Crippen molar-refractivity contribution in [2.24, 2.45) is 17.2 Å². The van der Waals surface area contributed by atoms with E-state index in [1.54, 1.807) is 24.4 Å². The number of rotatable bonds is 17. The molecule has 1 aromatic heterocycles. The second-order valence-corrected chi connectivity index (χ2v) is 9.24. The molecule has 0 bridgehead atoms. The number of benzene rings is 1. The summed E-state index contributed by atoms with van der Waals surface area (Å²) in [4.78, 5) is 75.9. The Hall–Kier alpha value is -4.50. The van der Waals surface area contributed by atoms with Crippen LogP contribution < -0.4 is 33.2 Å². The Kier molecular flexibility index (Phi) is 12.0. The third kappa shape index (κ3) is 9.67. The van der Waals surface area contributed by atoms with E-state index in [0.29, 0.717) is 24.9 Å². The lowest BCUT2D eigenvalue weighted by molar-refractivity contribution is -0.143. The number of carboxylic acids is 2. The van der Waals surface area contributed by atoms with Gasteiger partial charge in [-0.05, 0) is 37.4 Å². The van der Waals surface area contributed by atoms with Crippen LogP contribution in [0.3, 0.4) is 0 Å². The third-order valence-electron chi connectivity index (χ3n) is 6.06. The highest BCUT2D eigenvalue weighted by atomic mass is 16.4. The number of fused-ring (bicyclic) bond motifs is 1. The van der Waals surface area contributed by atoms with Gasteiger partial charge in [0, 0.05) is 23.5 Å². The topological polar surface area (TPSA) is 273 Å². The molecule has 1 aromatic carbocycles. The standard InChI is InChI=1S/C25H35N7O8/c26-8-4-3-7-17(30-22(36)15(27)10-21(34)35)23(37)31-18(24(38)32-19(25(39)40)11-20(28)33)9-13-12-29-16-6-2-1-5-14(13)16/h1-2,5-6,12,15,17-19,29H,3-4,7-11,26-27H2,(H2,28,33)(H,30,36)(H,31,37)(H,32,38)(H,34,35)(H,39,40). The van der Waals surface area contributed by atoms with Crippen molar-refractivity contribution >= 4 is 46.5 Å². The zero-order valence-corrected chi connectivity index (χ0v) is 21.7. The van der Waals surface area contributed by atoms with Gasteiger partial charge in [0.15, 0.2) is 0 Å². The number of H-pyrrole nitrogens is 1. The molecule has 0 spiro atoms. The summed E-state index contributed by atoms with van der Waals surface area (Å²) >= 11 is 0. The number of aromatic amines is 1. The molecule has 2 rings (SSSR count). The van der Waals surface area contributed by atoms with E-state index >= 15 is 0 Å². The molecule has 0 saturated heterocycles. The van der Waals surface area contributed by atoms with Gasteiger partial charge < -0.3 is 48.3 Å². The Morgan fingerprint density at radius 1 is 0.850 bits per heavy atom. The number of amides is 4. The largest absolute Gasteiger partial charge is 0.481 e. The zero-order chi connectivity index (χ0) is 29.8. The summed E-state index contributed by atoms with van der Waals surface area (Å²) in [7, 11) is 0. The van der Waals surface area contributed by atoms with Gasteiger partial charge in [-0.25, -0.2) is 4.79 Å². The van der Waals surface area contributed by atoms with Crippen LogP contribution in [-0.4, -0.2) is 81.5 Å². The van der Waals surface area contributed by atoms with E-state index in [4.69, 9.17) is 22.3 Å². The Labute approximate surface area is 229 Å². The molecule has 0 aliphatic carbocycles. The second kappa shape index (κ2) is 15.2. The number of aromatic nitrogens is 1. The molecule has 0 radical (unpaired) electrons. The number of para-hydroxylation sites is 1. The van der Waals surface area contributed by atoms with Crippen LogP contribution in [-0.2, 0) is 35.2 Å². The number of primary amides is 1. The lowest BCUT2D eigenvalue weighted by atomic mass is 10.0. The fourth-order valence-corrected chi connectivity index (χ4v) is 4.00. The Morgan fingerprint density at radius 2 is 1.48 bits per heavy atom. The molecule has 4 atom stereocenters. The molecule has 4 unspecified atom stereocenters. The SMILES string of the molecule is NCCCCC(NC(=O)C(N)CC(=O)O)C(=O)NC(Cc1c[nH]c2ccccc12)C(=O)NC(CC(N)=O)C(=O)O. The molecular weight excluding hydrogens is 526 g/mol. The molecule has 15 heteroatoms. The number of carboxylic acid groups (broad SMARTS) is 2. The van der Waals surface area contributed by atoms with Gasteiger partial charge >= 0.3 is 11.9 Å². The van der Waals surface area contributed by atoms with E-state index in [9.17, 15) is 33.9 Å². The number of nitrogens with two attached hydrogens (primary N) is 3. The number of hydrogen-bond acceptors (Lipinski definition) is 8. The summed E-state index contributed by atoms with van der Waals surface area (Å²) in [6.07, 6.45) is 1.27. The first kappa shape index (κ1) is 31.7. The quantitative estimate of drug-likeness (QED) is 0.0963. The van der Waals surface area contributed by atoms with Crippen molar-refractivity contribution in [2.75, 3.05) is 6.54 Å². The Balaban J connectivity index is 2.32. The average molecular weight is 562 g/mol. The lowest BCUT2D eigenvalue weighted by Gasteiger charge is -2.25. The number of carbonyl (C=O) groups is 6. The van der Waals surface area contributed by atoms with Gasteiger partial charge in [-0.1, -0.05) is 18.2 Å². The molecule has 4 amide bonds. The van der Waals surface area contributed by atoms with Crippen LogP contribution in [0.25, 0.3) is 10.9 Å². The normalized spacial score (nSPS) is 13.9.